The second-order valence-electron chi connectivity index (χ2n) is 8.52. The zero-order chi connectivity index (χ0) is 14.1. The first-order valence-corrected chi connectivity index (χ1v) is 9.46. The highest BCUT2D eigenvalue weighted by Gasteiger charge is 2.58. The van der Waals surface area contributed by atoms with Gasteiger partial charge in [0.25, 0.3) is 0 Å². The fraction of sp³-hybridized carbons (Fsp3) is 1.00. The van der Waals surface area contributed by atoms with Crippen LogP contribution in [-0.4, -0.2) is 20.2 Å². The molecule has 0 heterocycles. The number of nitrogens with one attached hydrogen (secondary N) is 1. The predicted octanol–water partition coefficient (Wildman–Crippen LogP) is 2.78. The van der Waals surface area contributed by atoms with Crippen LogP contribution in [0, 0.1) is 29.1 Å². The van der Waals surface area contributed by atoms with Crippen LogP contribution in [0.2, 0.25) is 0 Å². The third kappa shape index (κ3) is 2.46. The van der Waals surface area contributed by atoms with E-state index in [2.05, 4.69) is 25.5 Å². The molecule has 2 unspecified atom stereocenters. The van der Waals surface area contributed by atoms with Gasteiger partial charge in [-0.15, -0.1) is 0 Å². The van der Waals surface area contributed by atoms with E-state index in [1.807, 2.05) is 0 Å². The molecular weight excluding hydrogens is 258 g/mol. The van der Waals surface area contributed by atoms with E-state index < -0.39 is 10.0 Å². The third-order valence-corrected chi connectivity index (χ3v) is 6.48. The maximum Gasteiger partial charge on any atom is 0.209 e. The Bertz CT molecular complexity index is 461. The van der Waals surface area contributed by atoms with Crippen molar-refractivity contribution in [2.24, 2.45) is 29.1 Å². The molecule has 4 bridgehead atoms. The van der Waals surface area contributed by atoms with Crippen molar-refractivity contribution in [1.29, 1.82) is 0 Å². The molecule has 3 nitrogen and oxygen atoms in total. The van der Waals surface area contributed by atoms with E-state index in [-0.39, 0.29) is 5.54 Å². The summed E-state index contributed by atoms with van der Waals surface area (Å²) in [5.41, 5.74) is 0.251. The largest absolute Gasteiger partial charge is 0.213 e. The van der Waals surface area contributed by atoms with E-state index in [9.17, 15) is 8.42 Å². The van der Waals surface area contributed by atoms with Crippen molar-refractivity contribution in [3.05, 3.63) is 0 Å². The Labute approximate surface area is 117 Å². The van der Waals surface area contributed by atoms with Gasteiger partial charge in [-0.25, -0.2) is 13.1 Å². The monoisotopic (exact) mass is 285 g/mol. The fourth-order valence-corrected chi connectivity index (χ4v) is 6.99. The maximum atomic E-state index is 11.7. The van der Waals surface area contributed by atoms with Crippen molar-refractivity contribution in [1.82, 2.24) is 4.72 Å². The van der Waals surface area contributed by atoms with Gasteiger partial charge >= 0.3 is 0 Å². The van der Waals surface area contributed by atoms with E-state index in [4.69, 9.17) is 0 Å². The number of hydrogen-bond donors (Lipinski definition) is 1. The van der Waals surface area contributed by atoms with Crippen LogP contribution in [0.1, 0.15) is 52.9 Å². The van der Waals surface area contributed by atoms with Gasteiger partial charge < -0.3 is 0 Å². The molecule has 4 fully saturated rings. The molecule has 4 aliphatic rings. The summed E-state index contributed by atoms with van der Waals surface area (Å²) >= 11 is 0. The summed E-state index contributed by atoms with van der Waals surface area (Å²) in [6, 6.07) is 0. The minimum atomic E-state index is -3.09. The molecule has 4 saturated carbocycles. The van der Waals surface area contributed by atoms with Crippen LogP contribution >= 0.6 is 0 Å². The molecule has 0 saturated heterocycles. The SMILES string of the molecule is CC(C)(C)C1C2CC3CC1CC(NS(C)(=O)=O)(C3)C2. The molecule has 0 radical (unpaired) electrons. The van der Waals surface area contributed by atoms with Crippen LogP contribution in [0.3, 0.4) is 0 Å². The lowest BCUT2D eigenvalue weighted by atomic mass is 9.45. The van der Waals surface area contributed by atoms with Gasteiger partial charge in [0, 0.05) is 5.54 Å². The summed E-state index contributed by atoms with van der Waals surface area (Å²) in [5.74, 6) is 2.98. The van der Waals surface area contributed by atoms with Gasteiger partial charge in [0.1, 0.15) is 0 Å². The van der Waals surface area contributed by atoms with Crippen LogP contribution in [0.4, 0.5) is 0 Å². The van der Waals surface area contributed by atoms with Crippen molar-refractivity contribution in [3.63, 3.8) is 0 Å². The third-order valence-electron chi connectivity index (χ3n) is 5.68. The number of sulfonamides is 1. The van der Waals surface area contributed by atoms with Crippen LogP contribution in [-0.2, 0) is 10.0 Å². The van der Waals surface area contributed by atoms with Crippen LogP contribution < -0.4 is 4.72 Å². The van der Waals surface area contributed by atoms with Crippen LogP contribution in [0.25, 0.3) is 0 Å². The topological polar surface area (TPSA) is 46.2 Å². The highest BCUT2D eigenvalue weighted by molar-refractivity contribution is 7.88. The fourth-order valence-electron chi connectivity index (χ4n) is 5.96. The van der Waals surface area contributed by atoms with Gasteiger partial charge in [0.05, 0.1) is 6.26 Å². The van der Waals surface area contributed by atoms with Gasteiger partial charge in [0.2, 0.25) is 10.0 Å². The molecule has 110 valence electrons. The minimum Gasteiger partial charge on any atom is -0.213 e. The van der Waals surface area contributed by atoms with Crippen molar-refractivity contribution in [2.75, 3.05) is 6.26 Å². The first kappa shape index (κ1) is 13.9. The van der Waals surface area contributed by atoms with Crippen LogP contribution in [0.5, 0.6) is 0 Å². The molecule has 1 N–H and O–H groups in total. The molecule has 0 amide bonds. The normalized spacial score (nSPS) is 45.7. The second-order valence-corrected chi connectivity index (χ2v) is 10.3. The summed E-state index contributed by atoms with van der Waals surface area (Å²) < 4.78 is 26.4. The Morgan fingerprint density at radius 3 is 2.00 bits per heavy atom. The molecule has 4 rings (SSSR count). The molecule has 0 aliphatic heterocycles. The Morgan fingerprint density at radius 1 is 1.05 bits per heavy atom. The standard InChI is InChI=1S/C15H27NO2S/c1-14(2,3)13-11-5-10-6-12(13)9-15(7-10,8-11)16-19(4,17)18/h10-13,16H,5-9H2,1-4H3. The first-order valence-electron chi connectivity index (χ1n) is 7.57. The van der Waals surface area contributed by atoms with Crippen molar-refractivity contribution in [3.8, 4) is 0 Å². The van der Waals surface area contributed by atoms with Crippen molar-refractivity contribution >= 4 is 10.0 Å². The van der Waals surface area contributed by atoms with Gasteiger partial charge in [-0.05, 0) is 61.2 Å². The van der Waals surface area contributed by atoms with Gasteiger partial charge in [-0.3, -0.25) is 0 Å². The average Bonchev–Trinajstić information content (AvgIpc) is 2.07. The van der Waals surface area contributed by atoms with Gasteiger partial charge in [0.15, 0.2) is 0 Å². The first-order chi connectivity index (χ1) is 8.58. The Morgan fingerprint density at radius 2 is 1.58 bits per heavy atom. The van der Waals surface area contributed by atoms with E-state index in [0.717, 1.165) is 42.9 Å². The zero-order valence-electron chi connectivity index (χ0n) is 12.6. The Kier molecular flexibility index (Phi) is 2.90. The summed E-state index contributed by atoms with van der Waals surface area (Å²) in [6.45, 7) is 7.07. The smallest absolute Gasteiger partial charge is 0.209 e. The highest BCUT2D eigenvalue weighted by Crippen LogP contribution is 2.62. The molecular formula is C15H27NO2S. The summed E-state index contributed by atoms with van der Waals surface area (Å²) in [4.78, 5) is 0. The second kappa shape index (κ2) is 3.97. The van der Waals surface area contributed by atoms with Gasteiger partial charge in [-0.2, -0.15) is 0 Å². The molecule has 19 heavy (non-hydrogen) atoms. The molecule has 4 heteroatoms. The van der Waals surface area contributed by atoms with E-state index >= 15 is 0 Å². The Balaban J connectivity index is 1.89. The number of hydrogen-bond acceptors (Lipinski definition) is 2. The molecule has 4 aliphatic carbocycles. The quantitative estimate of drug-likeness (QED) is 0.848. The van der Waals surface area contributed by atoms with Gasteiger partial charge in [-0.1, -0.05) is 20.8 Å². The number of rotatable bonds is 2. The van der Waals surface area contributed by atoms with E-state index in [1.54, 1.807) is 0 Å². The zero-order valence-corrected chi connectivity index (χ0v) is 13.4. The lowest BCUT2D eigenvalue weighted by Crippen LogP contribution is -2.63. The molecule has 0 spiro atoms. The summed E-state index contributed by atoms with van der Waals surface area (Å²) in [5, 5.41) is 0. The Hall–Kier alpha value is -0.0900. The molecule has 0 aromatic carbocycles. The molecule has 0 aromatic rings. The minimum absolute atomic E-state index is 0.105. The summed E-state index contributed by atoms with van der Waals surface area (Å²) in [6.07, 6.45) is 7.16. The van der Waals surface area contributed by atoms with Crippen LogP contribution in [0.15, 0.2) is 0 Å². The predicted molar refractivity (Wildman–Crippen MR) is 77.2 cm³/mol. The highest BCUT2D eigenvalue weighted by atomic mass is 32.2. The van der Waals surface area contributed by atoms with E-state index in [1.165, 1.54) is 19.1 Å². The maximum absolute atomic E-state index is 11.7. The van der Waals surface area contributed by atoms with Crippen molar-refractivity contribution < 1.29 is 8.42 Å². The average molecular weight is 285 g/mol. The van der Waals surface area contributed by atoms with E-state index in [0.29, 0.717) is 5.41 Å². The summed E-state index contributed by atoms with van der Waals surface area (Å²) in [7, 11) is -3.09. The molecule has 0 aromatic heterocycles. The van der Waals surface area contributed by atoms with Crippen molar-refractivity contribution in [2.45, 2.75) is 58.4 Å². The molecule has 2 atom stereocenters. The lowest BCUT2D eigenvalue weighted by molar-refractivity contribution is -0.0969. The lowest BCUT2D eigenvalue weighted by Gasteiger charge is -2.62.